The monoisotopic (exact) mass is 270 g/mol. The molecule has 1 aromatic carbocycles. The minimum atomic E-state index is -1.15. The predicted octanol–water partition coefficient (Wildman–Crippen LogP) is 1.89. The van der Waals surface area contributed by atoms with Crippen LogP contribution in [-0.4, -0.2) is 31.9 Å². The average Bonchev–Trinajstić information content (AvgIpc) is 2.69. The van der Waals surface area contributed by atoms with E-state index in [0.717, 1.165) is 0 Å². The number of ketones is 2. The van der Waals surface area contributed by atoms with Gasteiger partial charge in [-0.15, -0.1) is 0 Å². The lowest BCUT2D eigenvalue weighted by atomic mass is 10.0. The molecule has 2 rings (SSSR count). The van der Waals surface area contributed by atoms with Crippen LogP contribution in [-0.2, 0) is 4.79 Å². The van der Waals surface area contributed by atoms with Gasteiger partial charge in [-0.2, -0.15) is 0 Å². The largest absolute Gasteiger partial charge is 0.496 e. The molecule has 0 radical (unpaired) electrons. The molecule has 1 atom stereocenters. The quantitative estimate of drug-likeness (QED) is 0.785. The standard InChI is InChI=1S/C12H11ClO5/c1-5(14)11-10(15)8-6(16-2)4-7(17-3)9(13)12(8)18-11/h4,11H,1-3H3. The number of hydrogen-bond donors (Lipinski definition) is 0. The second-order valence-electron chi connectivity index (χ2n) is 3.77. The van der Waals surface area contributed by atoms with E-state index < -0.39 is 11.9 Å². The highest BCUT2D eigenvalue weighted by molar-refractivity contribution is 6.35. The number of fused-ring (bicyclic) bond motifs is 1. The van der Waals surface area contributed by atoms with Crippen LogP contribution < -0.4 is 14.2 Å². The van der Waals surface area contributed by atoms with Crippen LogP contribution in [0.2, 0.25) is 5.02 Å². The summed E-state index contributed by atoms with van der Waals surface area (Å²) in [5, 5.41) is 0.158. The van der Waals surface area contributed by atoms with Gasteiger partial charge in [0.1, 0.15) is 22.1 Å². The Labute approximate surface area is 109 Å². The first-order valence-electron chi connectivity index (χ1n) is 5.17. The van der Waals surface area contributed by atoms with Crippen LogP contribution in [0.1, 0.15) is 17.3 Å². The van der Waals surface area contributed by atoms with Gasteiger partial charge < -0.3 is 14.2 Å². The Bertz CT molecular complexity index is 538. The van der Waals surface area contributed by atoms with Crippen molar-refractivity contribution in [2.45, 2.75) is 13.0 Å². The number of methoxy groups -OCH3 is 2. The Morgan fingerprint density at radius 2 is 1.94 bits per heavy atom. The first-order chi connectivity index (χ1) is 8.51. The maximum absolute atomic E-state index is 12.0. The molecule has 0 fully saturated rings. The summed E-state index contributed by atoms with van der Waals surface area (Å²) < 4.78 is 15.5. The van der Waals surface area contributed by atoms with Gasteiger partial charge in [0, 0.05) is 6.07 Å². The lowest BCUT2D eigenvalue weighted by Gasteiger charge is -2.10. The summed E-state index contributed by atoms with van der Waals surface area (Å²) >= 11 is 6.05. The van der Waals surface area contributed by atoms with Crippen LogP contribution in [0.5, 0.6) is 17.2 Å². The van der Waals surface area contributed by atoms with Crippen molar-refractivity contribution in [3.63, 3.8) is 0 Å². The molecule has 5 nitrogen and oxygen atoms in total. The molecule has 6 heteroatoms. The van der Waals surface area contributed by atoms with Crippen molar-refractivity contribution in [1.82, 2.24) is 0 Å². The minimum Gasteiger partial charge on any atom is -0.496 e. The van der Waals surface area contributed by atoms with Crippen LogP contribution >= 0.6 is 11.6 Å². The minimum absolute atomic E-state index is 0.137. The molecule has 0 bridgehead atoms. The van der Waals surface area contributed by atoms with Crippen molar-refractivity contribution in [3.05, 3.63) is 16.7 Å². The van der Waals surface area contributed by atoms with Crippen LogP contribution in [0, 0.1) is 0 Å². The summed E-state index contributed by atoms with van der Waals surface area (Å²) in [5.41, 5.74) is 0.184. The zero-order valence-electron chi connectivity index (χ0n) is 10.1. The zero-order valence-corrected chi connectivity index (χ0v) is 10.8. The molecular formula is C12H11ClO5. The molecule has 1 unspecified atom stereocenters. The molecule has 1 aliphatic heterocycles. The normalized spacial score (nSPS) is 17.1. The number of rotatable bonds is 3. The summed E-state index contributed by atoms with van der Waals surface area (Å²) in [6.07, 6.45) is -1.15. The lowest BCUT2D eigenvalue weighted by molar-refractivity contribution is -0.121. The number of ether oxygens (including phenoxy) is 3. The molecule has 0 amide bonds. The molecule has 0 saturated carbocycles. The topological polar surface area (TPSA) is 61.8 Å². The Balaban J connectivity index is 2.64. The fraction of sp³-hybridized carbons (Fsp3) is 0.333. The summed E-state index contributed by atoms with van der Waals surface area (Å²) in [4.78, 5) is 23.4. The van der Waals surface area contributed by atoms with Gasteiger partial charge in [-0.25, -0.2) is 0 Å². The van der Waals surface area contributed by atoms with Gasteiger partial charge in [0.05, 0.1) is 14.2 Å². The summed E-state index contributed by atoms with van der Waals surface area (Å²) in [6, 6.07) is 1.49. The average molecular weight is 271 g/mol. The van der Waals surface area contributed by atoms with Gasteiger partial charge >= 0.3 is 0 Å². The van der Waals surface area contributed by atoms with E-state index in [1.807, 2.05) is 0 Å². The van der Waals surface area contributed by atoms with Crippen molar-refractivity contribution in [1.29, 1.82) is 0 Å². The van der Waals surface area contributed by atoms with E-state index in [2.05, 4.69) is 0 Å². The van der Waals surface area contributed by atoms with E-state index >= 15 is 0 Å². The number of carbonyl (C=O) groups excluding carboxylic acids is 2. The van der Waals surface area contributed by atoms with E-state index in [-0.39, 0.29) is 27.9 Å². The third-order valence-corrected chi connectivity index (χ3v) is 3.04. The van der Waals surface area contributed by atoms with E-state index in [1.54, 1.807) is 0 Å². The van der Waals surface area contributed by atoms with E-state index in [4.69, 9.17) is 25.8 Å². The van der Waals surface area contributed by atoms with E-state index in [9.17, 15) is 9.59 Å². The van der Waals surface area contributed by atoms with Gasteiger partial charge in [0.15, 0.2) is 11.5 Å². The maximum atomic E-state index is 12.0. The molecule has 1 heterocycles. The van der Waals surface area contributed by atoms with Crippen LogP contribution in [0.25, 0.3) is 0 Å². The molecule has 96 valence electrons. The number of carbonyl (C=O) groups is 2. The number of Topliss-reactive ketones (excluding diaryl/α,β-unsaturated/α-hetero) is 2. The second kappa shape index (κ2) is 4.49. The SMILES string of the molecule is COc1cc(OC)c2c(c1Cl)OC(C(C)=O)C2=O. The van der Waals surface area contributed by atoms with Gasteiger partial charge in [0.2, 0.25) is 11.9 Å². The Morgan fingerprint density at radius 3 is 2.44 bits per heavy atom. The molecule has 18 heavy (non-hydrogen) atoms. The molecule has 0 saturated heterocycles. The van der Waals surface area contributed by atoms with Gasteiger partial charge in [-0.1, -0.05) is 11.6 Å². The Morgan fingerprint density at radius 1 is 1.33 bits per heavy atom. The molecule has 1 aromatic rings. The van der Waals surface area contributed by atoms with E-state index in [1.165, 1.54) is 27.2 Å². The first kappa shape index (κ1) is 12.7. The first-order valence-corrected chi connectivity index (χ1v) is 5.54. The van der Waals surface area contributed by atoms with Crippen molar-refractivity contribution in [2.24, 2.45) is 0 Å². The third kappa shape index (κ3) is 1.71. The fourth-order valence-electron chi connectivity index (χ4n) is 1.81. The molecule has 1 aliphatic rings. The molecule has 0 N–H and O–H groups in total. The van der Waals surface area contributed by atoms with Crippen molar-refractivity contribution < 1.29 is 23.8 Å². The van der Waals surface area contributed by atoms with E-state index in [0.29, 0.717) is 5.75 Å². The number of halogens is 1. The van der Waals surface area contributed by atoms with Crippen molar-refractivity contribution in [2.75, 3.05) is 14.2 Å². The Kier molecular flexibility index (Phi) is 3.17. The molecule has 0 aliphatic carbocycles. The zero-order chi connectivity index (χ0) is 13.4. The highest BCUT2D eigenvalue weighted by Crippen LogP contribution is 2.46. The predicted molar refractivity (Wildman–Crippen MR) is 64.0 cm³/mol. The molecule has 0 aromatic heterocycles. The number of benzene rings is 1. The fourth-order valence-corrected chi connectivity index (χ4v) is 2.08. The summed E-state index contributed by atoms with van der Waals surface area (Å²) in [6.45, 7) is 1.28. The highest BCUT2D eigenvalue weighted by Gasteiger charge is 2.40. The van der Waals surface area contributed by atoms with Crippen molar-refractivity contribution >= 4 is 23.2 Å². The lowest BCUT2D eigenvalue weighted by Crippen LogP contribution is -2.28. The van der Waals surface area contributed by atoms with Crippen molar-refractivity contribution in [3.8, 4) is 17.2 Å². The smallest absolute Gasteiger partial charge is 0.219 e. The van der Waals surface area contributed by atoms with Gasteiger partial charge in [-0.3, -0.25) is 9.59 Å². The van der Waals surface area contributed by atoms with Crippen LogP contribution in [0.15, 0.2) is 6.07 Å². The van der Waals surface area contributed by atoms with Crippen LogP contribution in [0.3, 0.4) is 0 Å². The third-order valence-electron chi connectivity index (χ3n) is 2.68. The second-order valence-corrected chi connectivity index (χ2v) is 4.15. The Hall–Kier alpha value is -1.75. The molecular weight excluding hydrogens is 260 g/mol. The molecule has 0 spiro atoms. The van der Waals surface area contributed by atoms with Crippen LogP contribution in [0.4, 0.5) is 0 Å². The van der Waals surface area contributed by atoms with Gasteiger partial charge in [-0.05, 0) is 6.92 Å². The highest BCUT2D eigenvalue weighted by atomic mass is 35.5. The summed E-state index contributed by atoms with van der Waals surface area (Å²) in [7, 11) is 2.85. The van der Waals surface area contributed by atoms with Gasteiger partial charge in [0.25, 0.3) is 0 Å². The summed E-state index contributed by atoms with van der Waals surface area (Å²) in [5.74, 6) is -0.0884. The number of hydrogen-bond acceptors (Lipinski definition) is 5. The maximum Gasteiger partial charge on any atom is 0.219 e.